The van der Waals surface area contributed by atoms with E-state index in [1.807, 2.05) is 24.3 Å². The van der Waals surface area contributed by atoms with E-state index < -0.39 is 0 Å². The Morgan fingerprint density at radius 3 is 2.54 bits per heavy atom. The molecule has 0 saturated carbocycles. The molecule has 2 heterocycles. The van der Waals surface area contributed by atoms with Crippen molar-refractivity contribution in [2.24, 2.45) is 0 Å². The fourth-order valence-electron chi connectivity index (χ4n) is 3.91. The molecule has 1 aromatic carbocycles. The number of piperidine rings is 1. The Morgan fingerprint density at radius 1 is 1.00 bits per heavy atom. The van der Waals surface area contributed by atoms with Crippen LogP contribution in [0.5, 0.6) is 11.5 Å². The molecule has 0 radical (unpaired) electrons. The standard InChI is InChI=1S/C21H34NO3.HI/c1-22(14-8-4-9-15-22)13-7-2-3-10-16-23-17-19-18-24-20-11-5-6-12-21(20)25-19;/h5-6,11-12,19H,2-4,7-10,13-18H2,1H3;1H/q+1;/p-1. The van der Waals surface area contributed by atoms with Gasteiger partial charge in [-0.05, 0) is 50.7 Å². The number of rotatable bonds is 9. The van der Waals surface area contributed by atoms with E-state index in [1.165, 1.54) is 62.6 Å². The molecule has 2 aliphatic rings. The Kier molecular flexibility index (Phi) is 9.50. The summed E-state index contributed by atoms with van der Waals surface area (Å²) in [5.41, 5.74) is 0. The van der Waals surface area contributed by atoms with E-state index in [0.717, 1.165) is 24.5 Å². The van der Waals surface area contributed by atoms with Crippen LogP contribution in [0.15, 0.2) is 24.3 Å². The second-order valence-electron chi connectivity index (χ2n) is 7.84. The van der Waals surface area contributed by atoms with Crippen LogP contribution < -0.4 is 33.5 Å². The van der Waals surface area contributed by atoms with Gasteiger partial charge >= 0.3 is 0 Å². The average molecular weight is 475 g/mol. The van der Waals surface area contributed by atoms with Crippen molar-refractivity contribution in [1.29, 1.82) is 0 Å². The number of nitrogens with zero attached hydrogens (tertiary/aromatic N) is 1. The van der Waals surface area contributed by atoms with Crippen molar-refractivity contribution in [2.45, 2.75) is 51.0 Å². The van der Waals surface area contributed by atoms with Crippen LogP contribution in [-0.4, -0.2) is 57.1 Å². The number of likely N-dealkylation sites (tertiary alicyclic amines) is 1. The van der Waals surface area contributed by atoms with Crippen LogP contribution in [0.25, 0.3) is 0 Å². The highest BCUT2D eigenvalue weighted by atomic mass is 127. The van der Waals surface area contributed by atoms with Crippen LogP contribution in [0.2, 0.25) is 0 Å². The summed E-state index contributed by atoms with van der Waals surface area (Å²) in [4.78, 5) is 0. The van der Waals surface area contributed by atoms with Gasteiger partial charge in [-0.15, -0.1) is 0 Å². The largest absolute Gasteiger partial charge is 1.00 e. The summed E-state index contributed by atoms with van der Waals surface area (Å²) in [7, 11) is 2.44. The molecule has 0 spiro atoms. The van der Waals surface area contributed by atoms with Crippen molar-refractivity contribution in [3.05, 3.63) is 24.3 Å². The van der Waals surface area contributed by atoms with Crippen LogP contribution in [0.4, 0.5) is 0 Å². The van der Waals surface area contributed by atoms with E-state index in [2.05, 4.69) is 7.05 Å². The zero-order valence-electron chi connectivity index (χ0n) is 16.1. The topological polar surface area (TPSA) is 27.7 Å². The van der Waals surface area contributed by atoms with Crippen molar-refractivity contribution in [1.82, 2.24) is 0 Å². The molecule has 3 rings (SSSR count). The molecule has 5 heteroatoms. The van der Waals surface area contributed by atoms with Gasteiger partial charge in [-0.2, -0.15) is 0 Å². The number of ether oxygens (including phenoxy) is 3. The lowest BCUT2D eigenvalue weighted by atomic mass is 10.1. The number of fused-ring (bicyclic) bond motifs is 1. The first-order valence-electron chi connectivity index (χ1n) is 10.0. The molecule has 0 N–H and O–H groups in total. The highest BCUT2D eigenvalue weighted by molar-refractivity contribution is 5.40. The third-order valence-corrected chi connectivity index (χ3v) is 5.50. The van der Waals surface area contributed by atoms with Gasteiger partial charge in [0, 0.05) is 6.61 Å². The van der Waals surface area contributed by atoms with Crippen LogP contribution in [0.3, 0.4) is 0 Å². The summed E-state index contributed by atoms with van der Waals surface area (Å²) in [6.07, 6.45) is 9.38. The Morgan fingerprint density at radius 2 is 1.73 bits per heavy atom. The fourth-order valence-corrected chi connectivity index (χ4v) is 3.91. The maximum Gasteiger partial charge on any atom is 0.161 e. The molecular weight excluding hydrogens is 441 g/mol. The number of para-hydroxylation sites is 2. The first kappa shape index (κ1) is 21.8. The van der Waals surface area contributed by atoms with Gasteiger partial charge < -0.3 is 42.7 Å². The Balaban J connectivity index is 0.00000243. The molecular formula is C21H34INO3. The minimum atomic E-state index is 0. The van der Waals surface area contributed by atoms with Crippen molar-refractivity contribution in [3.8, 4) is 11.5 Å². The summed E-state index contributed by atoms with van der Waals surface area (Å²) >= 11 is 0. The molecule has 4 nitrogen and oxygen atoms in total. The fraction of sp³-hybridized carbons (Fsp3) is 0.714. The number of halogens is 1. The zero-order chi connectivity index (χ0) is 17.4. The minimum absolute atomic E-state index is 0. The van der Waals surface area contributed by atoms with Gasteiger partial charge in [-0.25, -0.2) is 0 Å². The van der Waals surface area contributed by atoms with Gasteiger partial charge in [0.2, 0.25) is 0 Å². The van der Waals surface area contributed by atoms with E-state index >= 15 is 0 Å². The van der Waals surface area contributed by atoms with Crippen LogP contribution in [-0.2, 0) is 4.74 Å². The highest BCUT2D eigenvalue weighted by Crippen LogP contribution is 2.30. The van der Waals surface area contributed by atoms with E-state index in [-0.39, 0.29) is 30.1 Å². The van der Waals surface area contributed by atoms with Crippen molar-refractivity contribution < 1.29 is 42.7 Å². The molecule has 1 atom stereocenters. The molecule has 0 amide bonds. The van der Waals surface area contributed by atoms with E-state index in [4.69, 9.17) is 14.2 Å². The molecule has 0 bridgehead atoms. The van der Waals surface area contributed by atoms with Gasteiger partial charge in [0.1, 0.15) is 6.61 Å². The molecule has 2 aliphatic heterocycles. The first-order valence-corrected chi connectivity index (χ1v) is 10.0. The number of hydrogen-bond acceptors (Lipinski definition) is 3. The Labute approximate surface area is 175 Å². The van der Waals surface area contributed by atoms with Gasteiger partial charge in [0.05, 0.1) is 33.3 Å². The summed E-state index contributed by atoms with van der Waals surface area (Å²) < 4.78 is 18.7. The first-order chi connectivity index (χ1) is 12.3. The summed E-state index contributed by atoms with van der Waals surface area (Å²) in [5, 5.41) is 0. The predicted molar refractivity (Wildman–Crippen MR) is 100 cm³/mol. The van der Waals surface area contributed by atoms with Crippen molar-refractivity contribution in [3.63, 3.8) is 0 Å². The Hall–Kier alpha value is -0.530. The monoisotopic (exact) mass is 475 g/mol. The van der Waals surface area contributed by atoms with Gasteiger partial charge in [0.15, 0.2) is 17.6 Å². The molecule has 0 aromatic heterocycles. The van der Waals surface area contributed by atoms with E-state index in [9.17, 15) is 0 Å². The normalized spacial score (nSPS) is 21.0. The number of hydrogen-bond donors (Lipinski definition) is 0. The number of benzene rings is 1. The second-order valence-corrected chi connectivity index (χ2v) is 7.84. The zero-order valence-corrected chi connectivity index (χ0v) is 18.3. The van der Waals surface area contributed by atoms with Crippen molar-refractivity contribution in [2.75, 3.05) is 46.5 Å². The molecule has 1 saturated heterocycles. The molecule has 1 aromatic rings. The highest BCUT2D eigenvalue weighted by Gasteiger charge is 2.23. The second kappa shape index (κ2) is 11.3. The molecule has 1 fully saturated rings. The summed E-state index contributed by atoms with van der Waals surface area (Å²) in [6.45, 7) is 6.14. The van der Waals surface area contributed by atoms with Gasteiger partial charge in [-0.3, -0.25) is 0 Å². The molecule has 26 heavy (non-hydrogen) atoms. The average Bonchev–Trinajstić information content (AvgIpc) is 2.64. The summed E-state index contributed by atoms with van der Waals surface area (Å²) in [6, 6.07) is 7.83. The van der Waals surface area contributed by atoms with Crippen LogP contribution >= 0.6 is 0 Å². The molecule has 0 aliphatic carbocycles. The number of quaternary nitrogens is 1. The van der Waals surface area contributed by atoms with Crippen molar-refractivity contribution >= 4 is 0 Å². The molecule has 148 valence electrons. The number of unbranched alkanes of at least 4 members (excludes halogenated alkanes) is 3. The lowest BCUT2D eigenvalue weighted by molar-refractivity contribution is -0.914. The van der Waals surface area contributed by atoms with E-state index in [0.29, 0.717) is 13.2 Å². The third kappa shape index (κ3) is 6.89. The van der Waals surface area contributed by atoms with E-state index in [1.54, 1.807) is 0 Å². The smallest absolute Gasteiger partial charge is 0.161 e. The maximum atomic E-state index is 5.90. The predicted octanol–water partition coefficient (Wildman–Crippen LogP) is 1.04. The van der Waals surface area contributed by atoms with Crippen LogP contribution in [0, 0.1) is 0 Å². The van der Waals surface area contributed by atoms with Gasteiger partial charge in [-0.1, -0.05) is 18.6 Å². The SMILES string of the molecule is C[N+]1(CCCCCCOCC2COc3ccccc3O2)CCCCC1.[I-]. The lowest BCUT2D eigenvalue weighted by Gasteiger charge is -2.37. The lowest BCUT2D eigenvalue weighted by Crippen LogP contribution is -3.00. The van der Waals surface area contributed by atoms with Gasteiger partial charge in [0.25, 0.3) is 0 Å². The quantitative estimate of drug-likeness (QED) is 0.304. The minimum Gasteiger partial charge on any atom is -1.00 e. The maximum absolute atomic E-state index is 5.90. The third-order valence-electron chi connectivity index (χ3n) is 5.50. The Bertz CT molecular complexity index is 520. The van der Waals surface area contributed by atoms with Crippen LogP contribution in [0.1, 0.15) is 44.9 Å². The summed E-state index contributed by atoms with van der Waals surface area (Å²) in [5.74, 6) is 1.67. The molecule has 1 unspecified atom stereocenters.